The van der Waals surface area contributed by atoms with Crippen LogP contribution in [0.3, 0.4) is 0 Å². The van der Waals surface area contributed by atoms with Crippen LogP contribution in [-0.4, -0.2) is 17.7 Å². The lowest BCUT2D eigenvalue weighted by atomic mass is 10.0. The first-order valence-corrected chi connectivity index (χ1v) is 7.62. The number of ether oxygens (including phenoxy) is 1. The second-order valence-electron chi connectivity index (χ2n) is 5.16. The van der Waals surface area contributed by atoms with Gasteiger partial charge in [-0.2, -0.15) is 0 Å². The summed E-state index contributed by atoms with van der Waals surface area (Å²) in [5, 5.41) is 8.75. The van der Waals surface area contributed by atoms with Crippen molar-refractivity contribution >= 4 is 5.97 Å². The first kappa shape index (κ1) is 16.7. The summed E-state index contributed by atoms with van der Waals surface area (Å²) < 4.78 is 5.52. The van der Waals surface area contributed by atoms with Gasteiger partial charge in [-0.15, -0.1) is 0 Å². The number of unbranched alkanes of at least 4 members (excludes halogenated alkanes) is 5. The average Bonchev–Trinajstić information content (AvgIpc) is 2.46. The summed E-state index contributed by atoms with van der Waals surface area (Å²) >= 11 is 0. The Bertz CT molecular complexity index is 362. The average molecular weight is 278 g/mol. The Morgan fingerprint density at radius 1 is 1.10 bits per heavy atom. The molecule has 0 aliphatic carbocycles. The molecule has 1 unspecified atom stereocenters. The smallest absolute Gasteiger partial charge is 0.329 e. The molecule has 1 aromatic carbocycles. The summed E-state index contributed by atoms with van der Waals surface area (Å²) in [4.78, 5) is 10.7. The van der Waals surface area contributed by atoms with Crippen LogP contribution in [0, 0.1) is 0 Å². The Labute approximate surface area is 122 Å². The van der Waals surface area contributed by atoms with Crippen LogP contribution in [0.4, 0.5) is 0 Å². The second kappa shape index (κ2) is 10.4. The molecular weight excluding hydrogens is 252 g/mol. The number of hydrogen-bond donors (Lipinski definition) is 1. The van der Waals surface area contributed by atoms with Gasteiger partial charge in [0, 0.05) is 0 Å². The minimum absolute atomic E-state index is 0.0986. The molecule has 0 spiro atoms. The van der Waals surface area contributed by atoms with Gasteiger partial charge in [0.1, 0.15) is 6.61 Å². The zero-order valence-corrected chi connectivity index (χ0v) is 12.4. The van der Waals surface area contributed by atoms with Crippen molar-refractivity contribution in [1.29, 1.82) is 0 Å². The second-order valence-corrected chi connectivity index (χ2v) is 5.16. The number of rotatable bonds is 11. The highest BCUT2D eigenvalue weighted by Gasteiger charge is 2.13. The maximum atomic E-state index is 10.7. The van der Waals surface area contributed by atoms with Crippen LogP contribution in [0.25, 0.3) is 0 Å². The summed E-state index contributed by atoms with van der Waals surface area (Å²) in [5.41, 5.74) is 1.07. The largest absolute Gasteiger partial charge is 0.480 e. The molecule has 0 aromatic heterocycles. The van der Waals surface area contributed by atoms with Crippen molar-refractivity contribution in [3.8, 4) is 0 Å². The van der Waals surface area contributed by atoms with Gasteiger partial charge in [0.25, 0.3) is 0 Å². The third kappa shape index (κ3) is 7.29. The van der Waals surface area contributed by atoms with Crippen LogP contribution in [0.1, 0.15) is 63.5 Å². The fourth-order valence-electron chi connectivity index (χ4n) is 2.30. The minimum atomic E-state index is -0.908. The van der Waals surface area contributed by atoms with Crippen LogP contribution in [0.2, 0.25) is 0 Å². The number of aliphatic carboxylic acids is 1. The summed E-state index contributed by atoms with van der Waals surface area (Å²) in [6.45, 7) is 1.99. The van der Waals surface area contributed by atoms with E-state index in [1.54, 1.807) is 0 Å². The van der Waals surface area contributed by atoms with E-state index in [1.165, 1.54) is 32.1 Å². The van der Waals surface area contributed by atoms with E-state index in [2.05, 4.69) is 6.92 Å². The number of carbonyl (C=O) groups is 1. The van der Waals surface area contributed by atoms with E-state index < -0.39 is 5.97 Å². The first-order chi connectivity index (χ1) is 9.74. The molecule has 1 rings (SSSR count). The SMILES string of the molecule is CCCCCCCCC(OCC(=O)O)c1ccccc1. The van der Waals surface area contributed by atoms with E-state index in [0.717, 1.165) is 18.4 Å². The fourth-order valence-corrected chi connectivity index (χ4v) is 2.30. The van der Waals surface area contributed by atoms with Crippen molar-refractivity contribution in [1.82, 2.24) is 0 Å². The van der Waals surface area contributed by atoms with Crippen molar-refractivity contribution in [3.63, 3.8) is 0 Å². The number of carboxylic acids is 1. The maximum absolute atomic E-state index is 10.7. The lowest BCUT2D eigenvalue weighted by Gasteiger charge is -2.17. The Hall–Kier alpha value is -1.35. The van der Waals surface area contributed by atoms with Gasteiger partial charge >= 0.3 is 5.97 Å². The van der Waals surface area contributed by atoms with Crippen LogP contribution >= 0.6 is 0 Å². The quantitative estimate of drug-likeness (QED) is 0.603. The van der Waals surface area contributed by atoms with Crippen molar-refractivity contribution < 1.29 is 14.6 Å². The van der Waals surface area contributed by atoms with Crippen molar-refractivity contribution in [2.24, 2.45) is 0 Å². The molecule has 0 amide bonds. The van der Waals surface area contributed by atoms with E-state index in [-0.39, 0.29) is 12.7 Å². The lowest BCUT2D eigenvalue weighted by Crippen LogP contribution is -2.12. The zero-order chi connectivity index (χ0) is 14.6. The molecule has 112 valence electrons. The van der Waals surface area contributed by atoms with Gasteiger partial charge in [0.2, 0.25) is 0 Å². The van der Waals surface area contributed by atoms with E-state index >= 15 is 0 Å². The van der Waals surface area contributed by atoms with Crippen LogP contribution in [-0.2, 0) is 9.53 Å². The van der Waals surface area contributed by atoms with E-state index in [4.69, 9.17) is 9.84 Å². The van der Waals surface area contributed by atoms with Crippen LogP contribution in [0.5, 0.6) is 0 Å². The monoisotopic (exact) mass is 278 g/mol. The maximum Gasteiger partial charge on any atom is 0.329 e. The van der Waals surface area contributed by atoms with Gasteiger partial charge in [-0.3, -0.25) is 0 Å². The number of hydrogen-bond acceptors (Lipinski definition) is 2. The summed E-state index contributed by atoms with van der Waals surface area (Å²) in [5.74, 6) is -0.908. The molecule has 0 saturated heterocycles. The molecule has 0 saturated carbocycles. The van der Waals surface area contributed by atoms with Gasteiger partial charge in [-0.25, -0.2) is 4.79 Å². The highest BCUT2D eigenvalue weighted by molar-refractivity contribution is 5.68. The fraction of sp³-hybridized carbons (Fsp3) is 0.588. The third-order valence-electron chi connectivity index (χ3n) is 3.40. The standard InChI is InChI=1S/C17H26O3/c1-2-3-4-5-6-10-13-16(20-14-17(18)19)15-11-8-7-9-12-15/h7-9,11-12,16H,2-6,10,13-14H2,1H3,(H,18,19). The normalized spacial score (nSPS) is 12.2. The van der Waals surface area contributed by atoms with Crippen molar-refractivity contribution in [2.75, 3.05) is 6.61 Å². The van der Waals surface area contributed by atoms with Gasteiger partial charge in [0.05, 0.1) is 6.10 Å². The summed E-state index contributed by atoms with van der Waals surface area (Å²) in [7, 11) is 0. The summed E-state index contributed by atoms with van der Waals surface area (Å²) in [6.07, 6.45) is 8.19. The molecule has 0 fully saturated rings. The van der Waals surface area contributed by atoms with Crippen LogP contribution < -0.4 is 0 Å². The third-order valence-corrected chi connectivity index (χ3v) is 3.40. The molecule has 3 heteroatoms. The number of carboxylic acid groups (broad SMARTS) is 1. The molecule has 1 aromatic rings. The van der Waals surface area contributed by atoms with Gasteiger partial charge in [-0.1, -0.05) is 75.8 Å². The molecular formula is C17H26O3. The molecule has 0 radical (unpaired) electrons. The molecule has 0 aliphatic heterocycles. The predicted molar refractivity (Wildman–Crippen MR) is 80.8 cm³/mol. The van der Waals surface area contributed by atoms with Gasteiger partial charge < -0.3 is 9.84 Å². The molecule has 0 aliphatic rings. The molecule has 1 atom stereocenters. The molecule has 0 bridgehead atoms. The van der Waals surface area contributed by atoms with E-state index in [9.17, 15) is 4.79 Å². The molecule has 3 nitrogen and oxygen atoms in total. The Morgan fingerprint density at radius 2 is 1.75 bits per heavy atom. The lowest BCUT2D eigenvalue weighted by molar-refractivity contribution is -0.144. The van der Waals surface area contributed by atoms with Crippen molar-refractivity contribution in [3.05, 3.63) is 35.9 Å². The van der Waals surface area contributed by atoms with Gasteiger partial charge in [0.15, 0.2) is 0 Å². The molecule has 1 N–H and O–H groups in total. The van der Waals surface area contributed by atoms with Crippen molar-refractivity contribution in [2.45, 2.75) is 58.0 Å². The Morgan fingerprint density at radius 3 is 2.40 bits per heavy atom. The van der Waals surface area contributed by atoms with Gasteiger partial charge in [-0.05, 0) is 12.0 Å². The highest BCUT2D eigenvalue weighted by atomic mass is 16.5. The predicted octanol–water partition coefficient (Wildman–Crippen LogP) is 4.58. The highest BCUT2D eigenvalue weighted by Crippen LogP contribution is 2.24. The number of benzene rings is 1. The molecule has 0 heterocycles. The molecule has 20 heavy (non-hydrogen) atoms. The first-order valence-electron chi connectivity index (χ1n) is 7.62. The minimum Gasteiger partial charge on any atom is -0.480 e. The van der Waals surface area contributed by atoms with E-state index in [0.29, 0.717) is 0 Å². The Balaban J connectivity index is 2.37. The van der Waals surface area contributed by atoms with Crippen LogP contribution in [0.15, 0.2) is 30.3 Å². The zero-order valence-electron chi connectivity index (χ0n) is 12.4. The topological polar surface area (TPSA) is 46.5 Å². The van der Waals surface area contributed by atoms with E-state index in [1.807, 2.05) is 30.3 Å². The Kier molecular flexibility index (Phi) is 8.72. The summed E-state index contributed by atoms with van der Waals surface area (Å²) in [6, 6.07) is 9.90.